The molecule has 0 bridgehead atoms. The number of benzene rings is 1. The summed E-state index contributed by atoms with van der Waals surface area (Å²) in [6.07, 6.45) is 0.103. The van der Waals surface area contributed by atoms with Gasteiger partial charge in [0.05, 0.1) is 18.9 Å². The number of hydrogen-bond acceptors (Lipinski definition) is 4. The van der Waals surface area contributed by atoms with E-state index in [0.717, 1.165) is 16.7 Å². The first-order valence-electron chi connectivity index (χ1n) is 8.11. The van der Waals surface area contributed by atoms with Gasteiger partial charge in [0.25, 0.3) is 0 Å². The van der Waals surface area contributed by atoms with Gasteiger partial charge in [-0.3, -0.25) is 4.57 Å². The van der Waals surface area contributed by atoms with Crippen LogP contribution < -0.4 is 0 Å². The molecule has 130 valence electrons. The fraction of sp³-hybridized carbons (Fsp3) is 0.667. The smallest absolute Gasteiger partial charge is 0.335 e. The summed E-state index contributed by atoms with van der Waals surface area (Å²) in [5.41, 5.74) is 2.19. The van der Waals surface area contributed by atoms with E-state index in [0.29, 0.717) is 12.4 Å². The summed E-state index contributed by atoms with van der Waals surface area (Å²) in [7, 11) is -3.09. The third-order valence-corrected chi connectivity index (χ3v) is 5.98. The summed E-state index contributed by atoms with van der Waals surface area (Å²) in [4.78, 5) is 0. The molecular formula is C18H29O4P. The van der Waals surface area contributed by atoms with Crippen molar-refractivity contribution in [3.63, 3.8) is 0 Å². The second-order valence-electron chi connectivity index (χ2n) is 8.52. The molecule has 1 N–H and O–H groups in total. The van der Waals surface area contributed by atoms with Gasteiger partial charge in [-0.2, -0.15) is 0 Å². The minimum atomic E-state index is -3.09. The van der Waals surface area contributed by atoms with Gasteiger partial charge in [-0.05, 0) is 34.4 Å². The minimum Gasteiger partial charge on any atom is -0.507 e. The standard InChI is InChI=1S/C18H29O4P/c1-12-10-21-23(20,22-12)11-13-8-14(17(2,3)4)16(19)15(9-13)18(5,6)7/h8-9,12,19H,10-11H2,1-7H3. The predicted molar refractivity (Wildman–Crippen MR) is 93.3 cm³/mol. The number of rotatable bonds is 2. The van der Waals surface area contributed by atoms with Crippen LogP contribution in [0.2, 0.25) is 0 Å². The lowest BCUT2D eigenvalue weighted by Gasteiger charge is -2.28. The van der Waals surface area contributed by atoms with Gasteiger partial charge >= 0.3 is 7.60 Å². The molecule has 23 heavy (non-hydrogen) atoms. The first-order valence-corrected chi connectivity index (χ1v) is 9.83. The van der Waals surface area contributed by atoms with Gasteiger partial charge in [0.1, 0.15) is 5.75 Å². The minimum absolute atomic E-state index is 0.137. The zero-order valence-corrected chi connectivity index (χ0v) is 16.2. The first kappa shape index (κ1) is 18.5. The topological polar surface area (TPSA) is 55.8 Å². The summed E-state index contributed by atoms with van der Waals surface area (Å²) in [5, 5.41) is 10.7. The zero-order chi connectivity index (χ0) is 17.6. The van der Waals surface area contributed by atoms with Crippen molar-refractivity contribution in [3.05, 3.63) is 28.8 Å². The van der Waals surface area contributed by atoms with Crippen molar-refractivity contribution in [1.82, 2.24) is 0 Å². The molecule has 1 aromatic rings. The predicted octanol–water partition coefficient (Wildman–Crippen LogP) is 5.12. The molecule has 2 rings (SSSR count). The van der Waals surface area contributed by atoms with Gasteiger partial charge in [-0.15, -0.1) is 0 Å². The van der Waals surface area contributed by atoms with Crippen LogP contribution in [-0.2, 0) is 30.6 Å². The van der Waals surface area contributed by atoms with Gasteiger partial charge < -0.3 is 14.2 Å². The van der Waals surface area contributed by atoms with E-state index in [-0.39, 0.29) is 23.1 Å². The molecule has 0 amide bonds. The molecule has 1 aliphatic heterocycles. The molecule has 1 saturated heterocycles. The van der Waals surface area contributed by atoms with Crippen molar-refractivity contribution in [2.24, 2.45) is 0 Å². The number of aromatic hydroxyl groups is 1. The third kappa shape index (κ3) is 4.17. The Balaban J connectivity index is 2.50. The summed E-state index contributed by atoms with van der Waals surface area (Å²) in [6.45, 7) is 14.6. The Labute approximate surface area is 139 Å². The highest BCUT2D eigenvalue weighted by Crippen LogP contribution is 2.57. The number of hydrogen-bond donors (Lipinski definition) is 1. The van der Waals surface area contributed by atoms with Crippen molar-refractivity contribution in [2.45, 2.75) is 71.6 Å². The van der Waals surface area contributed by atoms with Crippen molar-refractivity contribution >= 4 is 7.60 Å². The average molecular weight is 340 g/mol. The molecule has 1 fully saturated rings. The van der Waals surface area contributed by atoms with E-state index in [2.05, 4.69) is 41.5 Å². The summed E-state index contributed by atoms with van der Waals surface area (Å²) in [6, 6.07) is 3.86. The second kappa shape index (κ2) is 5.91. The molecular weight excluding hydrogens is 311 g/mol. The zero-order valence-electron chi connectivity index (χ0n) is 15.3. The molecule has 2 atom stereocenters. The Bertz CT molecular complexity index is 602. The largest absolute Gasteiger partial charge is 0.507 e. The third-order valence-electron chi connectivity index (χ3n) is 4.01. The van der Waals surface area contributed by atoms with Crippen molar-refractivity contribution in [3.8, 4) is 5.75 Å². The maximum absolute atomic E-state index is 12.7. The van der Waals surface area contributed by atoms with E-state index >= 15 is 0 Å². The van der Waals surface area contributed by atoms with E-state index in [9.17, 15) is 9.67 Å². The van der Waals surface area contributed by atoms with Crippen molar-refractivity contribution in [1.29, 1.82) is 0 Å². The lowest BCUT2D eigenvalue weighted by molar-refractivity contribution is 0.256. The van der Waals surface area contributed by atoms with Crippen LogP contribution in [0.4, 0.5) is 0 Å². The highest BCUT2D eigenvalue weighted by atomic mass is 31.2. The summed E-state index contributed by atoms with van der Waals surface area (Å²) in [5.74, 6) is 0.327. The maximum Gasteiger partial charge on any atom is 0.335 e. The van der Waals surface area contributed by atoms with Crippen LogP contribution >= 0.6 is 7.60 Å². The van der Waals surface area contributed by atoms with E-state index in [1.165, 1.54) is 0 Å². The Hall–Kier alpha value is -0.830. The van der Waals surface area contributed by atoms with Gasteiger partial charge in [0, 0.05) is 0 Å². The van der Waals surface area contributed by atoms with Gasteiger partial charge in [-0.25, -0.2) is 0 Å². The molecule has 0 spiro atoms. The maximum atomic E-state index is 12.7. The fourth-order valence-corrected chi connectivity index (χ4v) is 4.69. The molecule has 1 aromatic carbocycles. The van der Waals surface area contributed by atoms with Crippen LogP contribution in [-0.4, -0.2) is 17.8 Å². The normalized spacial score (nSPS) is 25.8. The highest BCUT2D eigenvalue weighted by Gasteiger charge is 2.36. The fourth-order valence-electron chi connectivity index (χ4n) is 2.79. The van der Waals surface area contributed by atoms with E-state index in [1.54, 1.807) is 0 Å². The Morgan fingerprint density at radius 1 is 1.13 bits per heavy atom. The Morgan fingerprint density at radius 3 is 1.96 bits per heavy atom. The summed E-state index contributed by atoms with van der Waals surface area (Å²) >= 11 is 0. The Kier molecular flexibility index (Phi) is 4.76. The van der Waals surface area contributed by atoms with E-state index in [4.69, 9.17) is 9.05 Å². The quantitative estimate of drug-likeness (QED) is 0.760. The van der Waals surface area contributed by atoms with Crippen LogP contribution in [0.5, 0.6) is 5.75 Å². The second-order valence-corrected chi connectivity index (χ2v) is 10.5. The first-order chi connectivity index (χ1) is 10.3. The average Bonchev–Trinajstić information content (AvgIpc) is 2.68. The van der Waals surface area contributed by atoms with Crippen LogP contribution in [0.25, 0.3) is 0 Å². The van der Waals surface area contributed by atoms with E-state index < -0.39 is 7.60 Å². The Morgan fingerprint density at radius 2 is 1.61 bits per heavy atom. The summed E-state index contributed by atoms with van der Waals surface area (Å²) < 4.78 is 23.6. The van der Waals surface area contributed by atoms with Crippen molar-refractivity contribution in [2.75, 3.05) is 6.61 Å². The molecule has 0 aliphatic carbocycles. The van der Waals surface area contributed by atoms with Gasteiger partial charge in [0.2, 0.25) is 0 Å². The van der Waals surface area contributed by atoms with Crippen LogP contribution in [0.1, 0.15) is 65.2 Å². The number of phenols is 1. The number of phenolic OH excluding ortho intramolecular Hbond substituents is 1. The molecule has 4 nitrogen and oxygen atoms in total. The molecule has 0 radical (unpaired) electrons. The molecule has 1 heterocycles. The van der Waals surface area contributed by atoms with Crippen LogP contribution in [0.3, 0.4) is 0 Å². The lowest BCUT2D eigenvalue weighted by atomic mass is 9.78. The van der Waals surface area contributed by atoms with Crippen molar-refractivity contribution < 1.29 is 18.7 Å². The van der Waals surface area contributed by atoms with E-state index in [1.807, 2.05) is 19.1 Å². The van der Waals surface area contributed by atoms with Crippen LogP contribution in [0.15, 0.2) is 12.1 Å². The molecule has 1 aliphatic rings. The van der Waals surface area contributed by atoms with Gasteiger partial charge in [-0.1, -0.05) is 53.7 Å². The van der Waals surface area contributed by atoms with Crippen LogP contribution in [0, 0.1) is 0 Å². The van der Waals surface area contributed by atoms with Gasteiger partial charge in [0.15, 0.2) is 0 Å². The SMILES string of the molecule is CC1COP(=O)(Cc2cc(C(C)(C)C)c(O)c(C(C)(C)C)c2)O1. The molecule has 0 saturated carbocycles. The molecule has 5 heteroatoms. The lowest BCUT2D eigenvalue weighted by Crippen LogP contribution is -2.18. The molecule has 2 unspecified atom stereocenters. The molecule has 0 aromatic heterocycles. The monoisotopic (exact) mass is 340 g/mol. The highest BCUT2D eigenvalue weighted by molar-refractivity contribution is 7.53.